The summed E-state index contributed by atoms with van der Waals surface area (Å²) in [7, 11) is 0. The molecule has 1 fully saturated rings. The Bertz CT molecular complexity index is 809. The Morgan fingerprint density at radius 1 is 0.893 bits per heavy atom. The highest BCUT2D eigenvalue weighted by molar-refractivity contribution is 5.95. The van der Waals surface area contributed by atoms with Gasteiger partial charge in [0, 0.05) is 44.5 Å². The fourth-order valence-corrected chi connectivity index (χ4v) is 3.07. The first-order valence-corrected chi connectivity index (χ1v) is 9.18. The molecule has 1 saturated heterocycles. The molecule has 1 aromatic heterocycles. The zero-order valence-corrected chi connectivity index (χ0v) is 15.8. The van der Waals surface area contributed by atoms with Crippen LogP contribution in [0.25, 0.3) is 0 Å². The molecule has 3 rings (SSSR count). The van der Waals surface area contributed by atoms with Gasteiger partial charge in [-0.1, -0.05) is 0 Å². The van der Waals surface area contributed by atoms with Gasteiger partial charge in [-0.15, -0.1) is 0 Å². The number of piperazine rings is 1. The lowest BCUT2D eigenvalue weighted by molar-refractivity contribution is -0.117. The standard InChI is InChI=1S/C20H24N4O4/c1-15(25)21-16-4-6-17(7-5-16)22-20(27)14-24-10-8-23(9-11-24)13-18(26)19-3-2-12-28-19/h2-7,12H,8-11,13-14H2,1H3,(H,21,25)(H,22,27). The van der Waals surface area contributed by atoms with Crippen LogP contribution in [-0.2, 0) is 9.59 Å². The molecule has 0 atom stereocenters. The molecule has 2 aromatic rings. The van der Waals surface area contributed by atoms with Gasteiger partial charge in [0.25, 0.3) is 0 Å². The van der Waals surface area contributed by atoms with Crippen molar-refractivity contribution >= 4 is 29.0 Å². The van der Waals surface area contributed by atoms with Gasteiger partial charge in [0.15, 0.2) is 5.76 Å². The van der Waals surface area contributed by atoms with Crippen LogP contribution in [0, 0.1) is 0 Å². The first-order valence-electron chi connectivity index (χ1n) is 9.18. The van der Waals surface area contributed by atoms with E-state index in [1.807, 2.05) is 0 Å². The third kappa shape index (κ3) is 5.77. The second-order valence-electron chi connectivity index (χ2n) is 6.76. The van der Waals surface area contributed by atoms with E-state index in [-0.39, 0.29) is 17.6 Å². The van der Waals surface area contributed by atoms with Crippen molar-refractivity contribution in [2.75, 3.05) is 49.9 Å². The highest BCUT2D eigenvalue weighted by Crippen LogP contribution is 2.14. The van der Waals surface area contributed by atoms with Crippen LogP contribution in [0.1, 0.15) is 17.5 Å². The molecule has 0 spiro atoms. The number of hydrogen-bond acceptors (Lipinski definition) is 6. The smallest absolute Gasteiger partial charge is 0.238 e. The number of nitrogens with one attached hydrogen (secondary N) is 2. The van der Waals surface area contributed by atoms with Crippen LogP contribution in [0.2, 0.25) is 0 Å². The first-order chi connectivity index (χ1) is 13.5. The molecule has 1 aliphatic heterocycles. The van der Waals surface area contributed by atoms with E-state index in [1.54, 1.807) is 36.4 Å². The van der Waals surface area contributed by atoms with Crippen LogP contribution in [0.3, 0.4) is 0 Å². The zero-order chi connectivity index (χ0) is 19.9. The summed E-state index contributed by atoms with van der Waals surface area (Å²) in [4.78, 5) is 39.5. The third-order valence-corrected chi connectivity index (χ3v) is 4.48. The number of amides is 2. The SMILES string of the molecule is CC(=O)Nc1ccc(NC(=O)CN2CCN(CC(=O)c3ccco3)CC2)cc1. The number of anilines is 2. The lowest BCUT2D eigenvalue weighted by Gasteiger charge is -2.33. The molecule has 0 unspecified atom stereocenters. The Kier molecular flexibility index (Phi) is 6.57. The maximum absolute atomic E-state index is 12.3. The molecule has 8 heteroatoms. The minimum atomic E-state index is -0.137. The number of ketones is 1. The Balaban J connectivity index is 1.40. The molecule has 2 amide bonds. The van der Waals surface area contributed by atoms with Crippen LogP contribution in [-0.4, -0.2) is 66.7 Å². The molecule has 1 aromatic carbocycles. The summed E-state index contributed by atoms with van der Waals surface area (Å²) >= 11 is 0. The molecular weight excluding hydrogens is 360 g/mol. The van der Waals surface area contributed by atoms with E-state index in [0.717, 1.165) is 26.2 Å². The molecule has 148 valence electrons. The van der Waals surface area contributed by atoms with Crippen molar-refractivity contribution in [2.45, 2.75) is 6.92 Å². The molecule has 1 aliphatic rings. The lowest BCUT2D eigenvalue weighted by Crippen LogP contribution is -2.49. The van der Waals surface area contributed by atoms with E-state index in [2.05, 4.69) is 20.4 Å². The van der Waals surface area contributed by atoms with E-state index in [1.165, 1.54) is 13.2 Å². The van der Waals surface area contributed by atoms with Crippen LogP contribution in [0.5, 0.6) is 0 Å². The normalized spacial score (nSPS) is 15.2. The number of hydrogen-bond donors (Lipinski definition) is 2. The molecule has 2 heterocycles. The monoisotopic (exact) mass is 384 g/mol. The molecule has 8 nitrogen and oxygen atoms in total. The van der Waals surface area contributed by atoms with E-state index in [0.29, 0.717) is 30.2 Å². The van der Waals surface area contributed by atoms with Gasteiger partial charge in [-0.3, -0.25) is 24.2 Å². The molecule has 0 bridgehead atoms. The van der Waals surface area contributed by atoms with Gasteiger partial charge in [0.05, 0.1) is 19.4 Å². The maximum atomic E-state index is 12.3. The lowest BCUT2D eigenvalue weighted by atomic mass is 10.2. The van der Waals surface area contributed by atoms with Crippen LogP contribution < -0.4 is 10.6 Å². The van der Waals surface area contributed by atoms with Gasteiger partial charge < -0.3 is 15.1 Å². The summed E-state index contributed by atoms with van der Waals surface area (Å²) in [5, 5.41) is 5.54. The Hall–Kier alpha value is -2.97. The maximum Gasteiger partial charge on any atom is 0.238 e. The molecule has 0 radical (unpaired) electrons. The van der Waals surface area contributed by atoms with Crippen molar-refractivity contribution in [3.05, 3.63) is 48.4 Å². The van der Waals surface area contributed by atoms with Crippen LogP contribution in [0.4, 0.5) is 11.4 Å². The zero-order valence-electron chi connectivity index (χ0n) is 15.8. The van der Waals surface area contributed by atoms with Gasteiger partial charge in [-0.05, 0) is 36.4 Å². The van der Waals surface area contributed by atoms with Gasteiger partial charge in [0.2, 0.25) is 17.6 Å². The second kappa shape index (κ2) is 9.29. The van der Waals surface area contributed by atoms with E-state index in [9.17, 15) is 14.4 Å². The summed E-state index contributed by atoms with van der Waals surface area (Å²) in [5.41, 5.74) is 1.37. The van der Waals surface area contributed by atoms with Crippen molar-refractivity contribution < 1.29 is 18.8 Å². The van der Waals surface area contributed by atoms with Crippen molar-refractivity contribution in [3.8, 4) is 0 Å². The quantitative estimate of drug-likeness (QED) is 0.706. The van der Waals surface area contributed by atoms with Gasteiger partial charge in [0.1, 0.15) is 0 Å². The number of benzene rings is 1. The number of furan rings is 1. The fraction of sp³-hybridized carbons (Fsp3) is 0.350. The average molecular weight is 384 g/mol. The largest absolute Gasteiger partial charge is 0.461 e. The van der Waals surface area contributed by atoms with Crippen LogP contribution in [0.15, 0.2) is 47.1 Å². The molecule has 2 N–H and O–H groups in total. The molecule has 0 saturated carbocycles. The number of rotatable bonds is 7. The topological polar surface area (TPSA) is 94.9 Å². The number of carbonyl (C=O) groups excluding carboxylic acids is 3. The summed E-state index contributed by atoms with van der Waals surface area (Å²) in [6.45, 7) is 4.97. The number of carbonyl (C=O) groups is 3. The van der Waals surface area contributed by atoms with Crippen molar-refractivity contribution in [1.82, 2.24) is 9.80 Å². The summed E-state index contributed by atoms with van der Waals surface area (Å²) in [5.74, 6) is 0.124. The van der Waals surface area contributed by atoms with Crippen molar-refractivity contribution in [2.24, 2.45) is 0 Å². The Labute approximate surface area is 163 Å². The van der Waals surface area contributed by atoms with Gasteiger partial charge in [-0.2, -0.15) is 0 Å². The van der Waals surface area contributed by atoms with Crippen molar-refractivity contribution in [3.63, 3.8) is 0 Å². The van der Waals surface area contributed by atoms with Gasteiger partial charge in [-0.25, -0.2) is 0 Å². The van der Waals surface area contributed by atoms with Gasteiger partial charge >= 0.3 is 0 Å². The van der Waals surface area contributed by atoms with E-state index in [4.69, 9.17) is 4.42 Å². The number of nitrogens with zero attached hydrogens (tertiary/aromatic N) is 2. The predicted octanol–water partition coefficient (Wildman–Crippen LogP) is 1.68. The average Bonchev–Trinajstić information content (AvgIpc) is 3.19. The first kappa shape index (κ1) is 19.8. The number of Topliss-reactive ketones (excluding diaryl/α,β-unsaturated/α-hetero) is 1. The fourth-order valence-electron chi connectivity index (χ4n) is 3.07. The third-order valence-electron chi connectivity index (χ3n) is 4.48. The van der Waals surface area contributed by atoms with Crippen LogP contribution >= 0.6 is 0 Å². The Morgan fingerprint density at radius 2 is 1.46 bits per heavy atom. The summed E-state index contributed by atoms with van der Waals surface area (Å²) in [6, 6.07) is 10.4. The van der Waals surface area contributed by atoms with E-state index < -0.39 is 0 Å². The van der Waals surface area contributed by atoms with E-state index >= 15 is 0 Å². The Morgan fingerprint density at radius 3 is 2.00 bits per heavy atom. The summed E-state index contributed by atoms with van der Waals surface area (Å²) in [6.07, 6.45) is 1.50. The second-order valence-corrected chi connectivity index (χ2v) is 6.76. The highest BCUT2D eigenvalue weighted by atomic mass is 16.3. The van der Waals surface area contributed by atoms with Crippen molar-refractivity contribution in [1.29, 1.82) is 0 Å². The highest BCUT2D eigenvalue weighted by Gasteiger charge is 2.21. The minimum Gasteiger partial charge on any atom is -0.461 e. The summed E-state index contributed by atoms with van der Waals surface area (Å²) < 4.78 is 5.13. The minimum absolute atomic E-state index is 0.0288. The predicted molar refractivity (Wildman–Crippen MR) is 105 cm³/mol. The molecule has 28 heavy (non-hydrogen) atoms. The molecular formula is C20H24N4O4. The molecule has 0 aliphatic carbocycles.